The molecule has 1 heterocycles. The Bertz CT molecular complexity index is 557. The Kier molecular flexibility index (Phi) is 5.24. The maximum absolute atomic E-state index is 11.9. The van der Waals surface area contributed by atoms with Gasteiger partial charge in [-0.1, -0.05) is 29.8 Å². The summed E-state index contributed by atoms with van der Waals surface area (Å²) in [5, 5.41) is 2.85. The van der Waals surface area contributed by atoms with Crippen molar-refractivity contribution < 1.29 is 4.79 Å². The molecular formula is C13H13ClN2OS2. The van der Waals surface area contributed by atoms with Gasteiger partial charge in [0.2, 0.25) is 0 Å². The van der Waals surface area contributed by atoms with Crippen LogP contribution in [-0.2, 0) is 0 Å². The zero-order valence-corrected chi connectivity index (χ0v) is 12.7. The molecule has 0 bridgehead atoms. The zero-order chi connectivity index (χ0) is 13.7. The van der Waals surface area contributed by atoms with E-state index in [2.05, 4.69) is 22.4 Å². The summed E-state index contributed by atoms with van der Waals surface area (Å²) in [7, 11) is 0. The Morgan fingerprint density at radius 2 is 2.16 bits per heavy atom. The monoisotopic (exact) mass is 312 g/mol. The van der Waals surface area contributed by atoms with Crippen LogP contribution in [-0.4, -0.2) is 23.2 Å². The molecule has 2 rings (SSSR count). The Morgan fingerprint density at radius 1 is 1.42 bits per heavy atom. The molecule has 3 nitrogen and oxygen atoms in total. The molecule has 0 aliphatic heterocycles. The van der Waals surface area contributed by atoms with E-state index in [9.17, 15) is 4.79 Å². The van der Waals surface area contributed by atoms with Gasteiger partial charge in [0.25, 0.3) is 5.91 Å². The topological polar surface area (TPSA) is 42.0 Å². The molecule has 1 aromatic heterocycles. The van der Waals surface area contributed by atoms with Crippen LogP contribution >= 0.6 is 34.7 Å². The van der Waals surface area contributed by atoms with E-state index in [0.717, 1.165) is 10.6 Å². The molecule has 2 aromatic rings. The number of benzene rings is 1. The number of carbonyl (C=O) groups is 1. The Hall–Kier alpha value is -1.04. The average Bonchev–Trinajstić information content (AvgIpc) is 2.75. The van der Waals surface area contributed by atoms with Gasteiger partial charge in [-0.25, -0.2) is 4.98 Å². The third-order valence-electron chi connectivity index (χ3n) is 2.39. The number of halogens is 1. The Balaban J connectivity index is 1.77. The first-order valence-corrected chi connectivity index (χ1v) is 7.94. The van der Waals surface area contributed by atoms with Crippen LogP contribution in [0.5, 0.6) is 0 Å². The van der Waals surface area contributed by atoms with Gasteiger partial charge >= 0.3 is 0 Å². The predicted molar refractivity (Wildman–Crippen MR) is 81.4 cm³/mol. The van der Waals surface area contributed by atoms with Crippen LogP contribution < -0.4 is 5.32 Å². The van der Waals surface area contributed by atoms with E-state index in [0.29, 0.717) is 16.7 Å². The van der Waals surface area contributed by atoms with E-state index in [1.165, 1.54) is 16.2 Å². The van der Waals surface area contributed by atoms with Crippen molar-refractivity contribution in [3.8, 4) is 0 Å². The molecule has 0 atom stereocenters. The van der Waals surface area contributed by atoms with Crippen LogP contribution in [0.1, 0.15) is 15.4 Å². The van der Waals surface area contributed by atoms with Gasteiger partial charge in [0.1, 0.15) is 5.69 Å². The molecule has 1 N–H and O–H groups in total. The van der Waals surface area contributed by atoms with Crippen LogP contribution in [0.3, 0.4) is 0 Å². The van der Waals surface area contributed by atoms with Crippen molar-refractivity contribution in [1.82, 2.24) is 10.3 Å². The van der Waals surface area contributed by atoms with E-state index < -0.39 is 0 Å². The molecule has 1 aromatic carbocycles. The number of aromatic nitrogens is 1. The molecule has 0 aliphatic rings. The van der Waals surface area contributed by atoms with Gasteiger partial charge in [-0.15, -0.1) is 23.1 Å². The van der Waals surface area contributed by atoms with E-state index in [1.807, 2.05) is 25.1 Å². The maximum Gasteiger partial charge on any atom is 0.271 e. The first-order chi connectivity index (χ1) is 9.16. The summed E-state index contributed by atoms with van der Waals surface area (Å²) in [5.74, 6) is 0.668. The number of nitrogens with zero attached hydrogens (tertiary/aromatic N) is 1. The minimum Gasteiger partial charge on any atom is -0.350 e. The minimum absolute atomic E-state index is 0.158. The number of hydrogen-bond acceptors (Lipinski definition) is 4. The standard InChI is InChI=1S/C13H13ClN2OS2/c1-9-11(16-13(14)19-9)12(17)15-7-8-18-10-5-3-2-4-6-10/h2-6H,7-8H2,1H3,(H,15,17). The van der Waals surface area contributed by atoms with Gasteiger partial charge in [0, 0.05) is 22.1 Å². The lowest BCUT2D eigenvalue weighted by Gasteiger charge is -2.04. The minimum atomic E-state index is -0.158. The summed E-state index contributed by atoms with van der Waals surface area (Å²) in [6, 6.07) is 10.1. The number of amides is 1. The van der Waals surface area contributed by atoms with Crippen molar-refractivity contribution in [3.05, 3.63) is 45.4 Å². The first-order valence-electron chi connectivity index (χ1n) is 5.76. The third-order valence-corrected chi connectivity index (χ3v) is 4.47. The molecule has 0 unspecified atom stereocenters. The first kappa shape index (κ1) is 14.4. The van der Waals surface area contributed by atoms with Crippen molar-refractivity contribution in [1.29, 1.82) is 0 Å². The zero-order valence-electron chi connectivity index (χ0n) is 10.4. The summed E-state index contributed by atoms with van der Waals surface area (Å²) >= 11 is 8.80. The lowest BCUT2D eigenvalue weighted by Crippen LogP contribution is -2.26. The summed E-state index contributed by atoms with van der Waals surface area (Å²) in [5.41, 5.74) is 0.430. The van der Waals surface area contributed by atoms with Crippen LogP contribution in [0.4, 0.5) is 0 Å². The second kappa shape index (κ2) is 6.93. The van der Waals surface area contributed by atoms with Crippen LogP contribution in [0.25, 0.3) is 0 Å². The molecule has 1 amide bonds. The SMILES string of the molecule is Cc1sc(Cl)nc1C(=O)NCCSc1ccccc1. The Labute approximate surface area is 125 Å². The summed E-state index contributed by atoms with van der Waals surface area (Å²) in [4.78, 5) is 17.9. The van der Waals surface area contributed by atoms with Crippen molar-refractivity contribution in [2.75, 3.05) is 12.3 Å². The quantitative estimate of drug-likeness (QED) is 0.677. The summed E-state index contributed by atoms with van der Waals surface area (Å²) < 4.78 is 0.404. The van der Waals surface area contributed by atoms with E-state index >= 15 is 0 Å². The summed E-state index contributed by atoms with van der Waals surface area (Å²) in [6.45, 7) is 2.45. The highest BCUT2D eigenvalue weighted by atomic mass is 35.5. The van der Waals surface area contributed by atoms with E-state index in [-0.39, 0.29) is 5.91 Å². The lowest BCUT2D eigenvalue weighted by atomic mass is 10.3. The van der Waals surface area contributed by atoms with Crippen molar-refractivity contribution in [2.45, 2.75) is 11.8 Å². The van der Waals surface area contributed by atoms with E-state index in [4.69, 9.17) is 11.6 Å². The highest BCUT2D eigenvalue weighted by Crippen LogP contribution is 2.21. The highest BCUT2D eigenvalue weighted by molar-refractivity contribution is 7.99. The molecule has 0 fully saturated rings. The largest absolute Gasteiger partial charge is 0.350 e. The van der Waals surface area contributed by atoms with E-state index in [1.54, 1.807) is 11.8 Å². The van der Waals surface area contributed by atoms with Crippen LogP contribution in [0.15, 0.2) is 35.2 Å². The van der Waals surface area contributed by atoms with Crippen LogP contribution in [0, 0.1) is 6.92 Å². The third kappa shape index (κ3) is 4.23. The predicted octanol–water partition coefficient (Wildman–Crippen LogP) is 3.63. The molecule has 100 valence electrons. The molecule has 6 heteroatoms. The van der Waals surface area contributed by atoms with Gasteiger partial charge in [-0.2, -0.15) is 0 Å². The van der Waals surface area contributed by atoms with Gasteiger partial charge in [-0.3, -0.25) is 4.79 Å². The molecule has 0 aliphatic carbocycles. The molecular weight excluding hydrogens is 300 g/mol. The summed E-state index contributed by atoms with van der Waals surface area (Å²) in [6.07, 6.45) is 0. The van der Waals surface area contributed by atoms with Crippen molar-refractivity contribution in [2.24, 2.45) is 0 Å². The number of nitrogens with one attached hydrogen (secondary N) is 1. The van der Waals surface area contributed by atoms with Gasteiger partial charge < -0.3 is 5.32 Å². The van der Waals surface area contributed by atoms with Crippen molar-refractivity contribution >= 4 is 40.6 Å². The maximum atomic E-state index is 11.9. The Morgan fingerprint density at radius 3 is 2.79 bits per heavy atom. The fourth-order valence-electron chi connectivity index (χ4n) is 1.51. The molecule has 0 saturated heterocycles. The second-order valence-electron chi connectivity index (χ2n) is 3.79. The average molecular weight is 313 g/mol. The molecule has 0 spiro atoms. The number of hydrogen-bond donors (Lipinski definition) is 1. The molecule has 0 saturated carbocycles. The number of aryl methyl sites for hydroxylation is 1. The number of rotatable bonds is 5. The normalized spacial score (nSPS) is 10.4. The van der Waals surface area contributed by atoms with Gasteiger partial charge in [-0.05, 0) is 19.1 Å². The smallest absolute Gasteiger partial charge is 0.271 e. The van der Waals surface area contributed by atoms with Gasteiger partial charge in [0.15, 0.2) is 4.47 Å². The van der Waals surface area contributed by atoms with Gasteiger partial charge in [0.05, 0.1) is 0 Å². The lowest BCUT2D eigenvalue weighted by molar-refractivity contribution is 0.0951. The number of carbonyl (C=O) groups excluding carboxylic acids is 1. The molecule has 19 heavy (non-hydrogen) atoms. The number of thiazole rings is 1. The second-order valence-corrected chi connectivity index (χ2v) is 6.74. The van der Waals surface area contributed by atoms with Crippen LogP contribution in [0.2, 0.25) is 4.47 Å². The highest BCUT2D eigenvalue weighted by Gasteiger charge is 2.13. The van der Waals surface area contributed by atoms with Crippen molar-refractivity contribution in [3.63, 3.8) is 0 Å². The fraction of sp³-hybridized carbons (Fsp3) is 0.231. The molecule has 0 radical (unpaired) electrons. The fourth-order valence-corrected chi connectivity index (χ4v) is 3.35. The number of thioether (sulfide) groups is 1.